The van der Waals surface area contributed by atoms with Gasteiger partial charge in [-0.2, -0.15) is 0 Å². The van der Waals surface area contributed by atoms with Crippen LogP contribution in [0.3, 0.4) is 0 Å². The number of nitrogens with one attached hydrogen (secondary N) is 2. The van der Waals surface area contributed by atoms with E-state index in [0.717, 1.165) is 45.6 Å². The minimum atomic E-state index is -0.120. The second kappa shape index (κ2) is 9.26. The molecular weight excluding hydrogens is 372 g/mol. The van der Waals surface area contributed by atoms with Crippen LogP contribution in [0.1, 0.15) is 19.3 Å². The Morgan fingerprint density at radius 2 is 1.93 bits per heavy atom. The summed E-state index contributed by atoms with van der Waals surface area (Å²) in [6, 6.07) is 0. The van der Waals surface area contributed by atoms with Crippen LogP contribution in [0.15, 0.2) is 17.1 Å². The normalized spacial score (nSPS) is 33.1. The summed E-state index contributed by atoms with van der Waals surface area (Å²) in [4.78, 5) is 31.0. The molecule has 29 heavy (non-hydrogen) atoms. The molecule has 8 nitrogen and oxygen atoms in total. The highest BCUT2D eigenvalue weighted by Crippen LogP contribution is 2.52. The molecule has 0 aromatic heterocycles. The Labute approximate surface area is 172 Å². The summed E-state index contributed by atoms with van der Waals surface area (Å²) in [6.45, 7) is 4.78. The summed E-state index contributed by atoms with van der Waals surface area (Å²) in [5.74, 6) is 1.51. The maximum absolute atomic E-state index is 12.7. The first-order valence-electron chi connectivity index (χ1n) is 10.8. The number of imide groups is 1. The Kier molecular flexibility index (Phi) is 6.50. The van der Waals surface area contributed by atoms with E-state index in [0.29, 0.717) is 31.6 Å². The fraction of sp³-hybridized carbons (Fsp3) is 0.762. The molecular formula is C21H32N4O4. The molecule has 2 bridgehead atoms. The predicted molar refractivity (Wildman–Crippen MR) is 108 cm³/mol. The van der Waals surface area contributed by atoms with Gasteiger partial charge in [0.15, 0.2) is 5.96 Å². The number of ether oxygens (including phenoxy) is 2. The first-order valence-corrected chi connectivity index (χ1v) is 10.8. The molecule has 4 aliphatic rings. The number of carbonyl (C=O) groups is 2. The van der Waals surface area contributed by atoms with Crippen LogP contribution in [0.2, 0.25) is 0 Å². The van der Waals surface area contributed by atoms with Crippen LogP contribution in [0.5, 0.6) is 0 Å². The molecule has 4 rings (SSSR count). The van der Waals surface area contributed by atoms with Crippen molar-refractivity contribution >= 4 is 17.8 Å². The SMILES string of the molecule is CN=C(NCCCOCC1CCOC1)NCCN1C(=O)C2C3C=CC(C3)C2C1=O. The van der Waals surface area contributed by atoms with Crippen molar-refractivity contribution in [3.05, 3.63) is 12.2 Å². The largest absolute Gasteiger partial charge is 0.381 e. The molecule has 0 aromatic carbocycles. The van der Waals surface area contributed by atoms with Crippen molar-refractivity contribution in [1.29, 1.82) is 0 Å². The van der Waals surface area contributed by atoms with Crippen LogP contribution in [-0.4, -0.2) is 75.8 Å². The molecule has 2 amide bonds. The van der Waals surface area contributed by atoms with Gasteiger partial charge in [0.2, 0.25) is 11.8 Å². The van der Waals surface area contributed by atoms with Crippen LogP contribution < -0.4 is 10.6 Å². The van der Waals surface area contributed by atoms with E-state index in [-0.39, 0.29) is 35.5 Å². The monoisotopic (exact) mass is 404 g/mol. The number of likely N-dealkylation sites (tertiary alicyclic amines) is 1. The molecule has 3 fully saturated rings. The zero-order chi connectivity index (χ0) is 20.2. The number of hydrogen-bond donors (Lipinski definition) is 2. The van der Waals surface area contributed by atoms with Gasteiger partial charge in [0, 0.05) is 45.8 Å². The van der Waals surface area contributed by atoms with E-state index in [1.807, 2.05) is 0 Å². The molecule has 0 aromatic rings. The lowest BCUT2D eigenvalue weighted by Gasteiger charge is -2.18. The third-order valence-corrected chi connectivity index (χ3v) is 6.55. The van der Waals surface area contributed by atoms with Crippen LogP contribution in [0.25, 0.3) is 0 Å². The predicted octanol–water partition coefficient (Wildman–Crippen LogP) is 0.402. The quantitative estimate of drug-likeness (QED) is 0.190. The Balaban J connectivity index is 1.11. The fourth-order valence-electron chi connectivity index (χ4n) is 5.04. The van der Waals surface area contributed by atoms with Crippen LogP contribution in [0.4, 0.5) is 0 Å². The average molecular weight is 405 g/mol. The van der Waals surface area contributed by atoms with Crippen molar-refractivity contribution < 1.29 is 19.1 Å². The molecule has 1 saturated carbocycles. The highest BCUT2D eigenvalue weighted by Gasteiger charge is 2.58. The van der Waals surface area contributed by atoms with E-state index in [2.05, 4.69) is 27.8 Å². The van der Waals surface area contributed by atoms with Crippen molar-refractivity contribution in [2.45, 2.75) is 19.3 Å². The maximum atomic E-state index is 12.7. The van der Waals surface area contributed by atoms with E-state index >= 15 is 0 Å². The van der Waals surface area contributed by atoms with Gasteiger partial charge in [-0.25, -0.2) is 0 Å². The fourth-order valence-corrected chi connectivity index (χ4v) is 5.04. The van der Waals surface area contributed by atoms with Gasteiger partial charge < -0.3 is 20.1 Å². The second-order valence-electron chi connectivity index (χ2n) is 8.41. The molecule has 0 spiro atoms. The zero-order valence-electron chi connectivity index (χ0n) is 17.1. The van der Waals surface area contributed by atoms with Crippen molar-refractivity contribution in [2.24, 2.45) is 34.6 Å². The first kappa shape index (κ1) is 20.3. The summed E-state index contributed by atoms with van der Waals surface area (Å²) < 4.78 is 11.0. The van der Waals surface area contributed by atoms with Gasteiger partial charge in [0.1, 0.15) is 0 Å². The minimum absolute atomic E-state index is 0.00593. The van der Waals surface area contributed by atoms with E-state index < -0.39 is 0 Å². The molecule has 2 saturated heterocycles. The number of nitrogens with zero attached hydrogens (tertiary/aromatic N) is 2. The van der Waals surface area contributed by atoms with Gasteiger partial charge in [-0.05, 0) is 31.1 Å². The van der Waals surface area contributed by atoms with E-state index in [9.17, 15) is 9.59 Å². The zero-order valence-corrected chi connectivity index (χ0v) is 17.1. The highest BCUT2D eigenvalue weighted by molar-refractivity contribution is 6.06. The Bertz CT molecular complexity index is 644. The van der Waals surface area contributed by atoms with Gasteiger partial charge in [0.05, 0.1) is 25.0 Å². The minimum Gasteiger partial charge on any atom is -0.381 e. The number of guanidine groups is 1. The number of hydrogen-bond acceptors (Lipinski definition) is 5. The van der Waals surface area contributed by atoms with Gasteiger partial charge in [-0.15, -0.1) is 0 Å². The molecule has 2 N–H and O–H groups in total. The molecule has 2 aliphatic carbocycles. The molecule has 8 heteroatoms. The number of fused-ring (bicyclic) bond motifs is 5. The molecule has 0 radical (unpaired) electrons. The van der Waals surface area contributed by atoms with E-state index in [1.54, 1.807) is 7.05 Å². The van der Waals surface area contributed by atoms with E-state index in [4.69, 9.17) is 9.47 Å². The number of carbonyl (C=O) groups excluding carboxylic acids is 2. The standard InChI is InChI=1S/C21H32N4O4/c1-22-21(23-6-2-9-28-12-14-5-10-29-13-14)24-7-8-25-19(26)17-15-3-4-16(11-15)18(17)20(25)27/h3-4,14-18H,2,5-13H2,1H3,(H2,22,23,24). The van der Waals surface area contributed by atoms with Crippen molar-refractivity contribution in [3.8, 4) is 0 Å². The number of allylic oxidation sites excluding steroid dienone is 2. The lowest BCUT2D eigenvalue weighted by atomic mass is 9.85. The Hall–Kier alpha value is -1.93. The molecule has 2 aliphatic heterocycles. The Morgan fingerprint density at radius 3 is 2.59 bits per heavy atom. The van der Waals surface area contributed by atoms with Gasteiger partial charge in [0.25, 0.3) is 0 Å². The van der Waals surface area contributed by atoms with Crippen LogP contribution in [-0.2, 0) is 19.1 Å². The van der Waals surface area contributed by atoms with Gasteiger partial charge in [-0.1, -0.05) is 12.2 Å². The maximum Gasteiger partial charge on any atom is 0.233 e. The van der Waals surface area contributed by atoms with Crippen molar-refractivity contribution in [3.63, 3.8) is 0 Å². The highest BCUT2D eigenvalue weighted by atomic mass is 16.5. The summed E-state index contributed by atoms with van der Waals surface area (Å²) in [5.41, 5.74) is 0. The second-order valence-corrected chi connectivity index (χ2v) is 8.41. The third kappa shape index (κ3) is 4.33. The number of aliphatic imine (C=N–C) groups is 1. The summed E-state index contributed by atoms with van der Waals surface area (Å²) >= 11 is 0. The molecule has 160 valence electrons. The lowest BCUT2D eigenvalue weighted by Crippen LogP contribution is -2.44. The van der Waals surface area contributed by atoms with Crippen LogP contribution >= 0.6 is 0 Å². The van der Waals surface area contributed by atoms with Crippen molar-refractivity contribution in [1.82, 2.24) is 15.5 Å². The summed E-state index contributed by atoms with van der Waals surface area (Å²) in [6.07, 6.45) is 7.19. The third-order valence-electron chi connectivity index (χ3n) is 6.55. The van der Waals surface area contributed by atoms with Gasteiger partial charge >= 0.3 is 0 Å². The number of rotatable bonds is 9. The lowest BCUT2D eigenvalue weighted by molar-refractivity contribution is -0.140. The topological polar surface area (TPSA) is 92.3 Å². The van der Waals surface area contributed by atoms with Crippen molar-refractivity contribution in [2.75, 3.05) is 53.1 Å². The number of amides is 2. The average Bonchev–Trinajstić information content (AvgIpc) is 3.50. The Morgan fingerprint density at radius 1 is 1.21 bits per heavy atom. The summed E-state index contributed by atoms with van der Waals surface area (Å²) in [5, 5.41) is 6.44. The van der Waals surface area contributed by atoms with Gasteiger partial charge in [-0.3, -0.25) is 19.5 Å². The molecule has 5 unspecified atom stereocenters. The van der Waals surface area contributed by atoms with E-state index in [1.165, 1.54) is 4.90 Å². The van der Waals surface area contributed by atoms with Crippen LogP contribution in [0, 0.1) is 29.6 Å². The summed E-state index contributed by atoms with van der Waals surface area (Å²) in [7, 11) is 1.71. The molecule has 5 atom stereocenters. The first-order chi connectivity index (χ1) is 14.2. The smallest absolute Gasteiger partial charge is 0.233 e. The molecule has 2 heterocycles.